The molecule has 6 heavy (non-hydrogen) atoms. The molecule has 1 aliphatic rings. The van der Waals surface area contributed by atoms with Crippen LogP contribution in [-0.4, -0.2) is 15.9 Å². The van der Waals surface area contributed by atoms with Crippen LogP contribution in [0.5, 0.6) is 0 Å². The third kappa shape index (κ3) is 0.570. The van der Waals surface area contributed by atoms with Gasteiger partial charge in [0, 0.05) is 6.21 Å². The molecule has 0 aromatic heterocycles. The molecule has 0 unspecified atom stereocenters. The molecule has 1 heterocycles. The van der Waals surface area contributed by atoms with Crippen molar-refractivity contribution in [3.63, 3.8) is 0 Å². The van der Waals surface area contributed by atoms with Crippen molar-refractivity contribution < 1.29 is 0 Å². The van der Waals surface area contributed by atoms with Crippen molar-refractivity contribution in [2.75, 3.05) is 0 Å². The summed E-state index contributed by atoms with van der Waals surface area (Å²) in [6.07, 6.45) is 1.95. The topological polar surface area (TPSA) is 12.4 Å². The standard InChI is InChI=1S/C4H7NSi/c1-4-2-5-6-3-4/h2-3H,6H2,1H3. The monoisotopic (exact) mass is 97.0 g/mol. The van der Waals surface area contributed by atoms with Crippen LogP contribution in [0, 0.1) is 0 Å². The summed E-state index contributed by atoms with van der Waals surface area (Å²) in [6.45, 7) is 2.09. The second kappa shape index (κ2) is 1.39. The van der Waals surface area contributed by atoms with Crippen LogP contribution in [0.2, 0.25) is 0 Å². The van der Waals surface area contributed by atoms with E-state index in [-0.39, 0.29) is 9.68 Å². The molecule has 0 saturated heterocycles. The van der Waals surface area contributed by atoms with Crippen LogP contribution in [0.25, 0.3) is 0 Å². The van der Waals surface area contributed by atoms with E-state index in [9.17, 15) is 0 Å². The van der Waals surface area contributed by atoms with Gasteiger partial charge in [-0.05, 0) is 12.5 Å². The molecule has 0 amide bonds. The lowest BCUT2D eigenvalue weighted by molar-refractivity contribution is 1.67. The molecule has 0 saturated carbocycles. The predicted molar refractivity (Wildman–Crippen MR) is 30.8 cm³/mol. The predicted octanol–water partition coefficient (Wildman–Crippen LogP) is 0.0584. The van der Waals surface area contributed by atoms with Gasteiger partial charge >= 0.3 is 0 Å². The first-order valence-corrected chi connectivity index (χ1v) is 3.51. The Morgan fingerprint density at radius 3 is 2.83 bits per heavy atom. The van der Waals surface area contributed by atoms with Crippen molar-refractivity contribution in [1.29, 1.82) is 0 Å². The molecule has 0 spiro atoms. The number of hydrogen-bond acceptors (Lipinski definition) is 1. The van der Waals surface area contributed by atoms with Gasteiger partial charge in [-0.3, -0.25) is 0 Å². The lowest BCUT2D eigenvalue weighted by atomic mass is 10.4. The van der Waals surface area contributed by atoms with Crippen LogP contribution in [0.4, 0.5) is 0 Å². The fourth-order valence-electron chi connectivity index (χ4n) is 0.446. The first-order valence-electron chi connectivity index (χ1n) is 2.06. The minimum atomic E-state index is -0.0968. The lowest BCUT2D eigenvalue weighted by Gasteiger charge is -1.70. The smallest absolute Gasteiger partial charge is 0.174 e. The Kier molecular flexibility index (Phi) is 0.879. The summed E-state index contributed by atoms with van der Waals surface area (Å²) in [5.41, 5.74) is 3.58. The molecule has 1 aliphatic heterocycles. The fourth-order valence-corrected chi connectivity index (χ4v) is 1.34. The second-order valence-electron chi connectivity index (χ2n) is 1.44. The summed E-state index contributed by atoms with van der Waals surface area (Å²) in [6, 6.07) is 0. The van der Waals surface area contributed by atoms with E-state index >= 15 is 0 Å². The zero-order valence-electron chi connectivity index (χ0n) is 3.81. The maximum Gasteiger partial charge on any atom is 0.174 e. The molecule has 32 valence electrons. The highest BCUT2D eigenvalue weighted by Gasteiger charge is 1.86. The van der Waals surface area contributed by atoms with Gasteiger partial charge in [0.25, 0.3) is 0 Å². The Balaban J connectivity index is 2.68. The Hall–Kier alpha value is -0.373. The molecule has 0 aromatic rings. The van der Waals surface area contributed by atoms with Gasteiger partial charge in [0.05, 0.1) is 0 Å². The van der Waals surface area contributed by atoms with Crippen molar-refractivity contribution in [1.82, 2.24) is 0 Å². The van der Waals surface area contributed by atoms with Crippen LogP contribution >= 0.6 is 0 Å². The average molecular weight is 97.2 g/mol. The van der Waals surface area contributed by atoms with Crippen molar-refractivity contribution in [2.45, 2.75) is 6.92 Å². The number of allylic oxidation sites excluding steroid dienone is 1. The van der Waals surface area contributed by atoms with E-state index in [0.29, 0.717) is 0 Å². The summed E-state index contributed by atoms with van der Waals surface area (Å²) < 4.78 is 4.09. The first-order chi connectivity index (χ1) is 2.89. The Bertz CT molecular complexity index is 101. The molecule has 0 fully saturated rings. The average Bonchev–Trinajstić information content (AvgIpc) is 1.86. The molecule has 0 aromatic carbocycles. The molecule has 1 rings (SSSR count). The fraction of sp³-hybridized carbons (Fsp3) is 0.250. The zero-order chi connectivity index (χ0) is 4.41. The molecular weight excluding hydrogens is 90.1 g/mol. The second-order valence-corrected chi connectivity index (χ2v) is 2.58. The van der Waals surface area contributed by atoms with Crippen LogP contribution in [-0.2, 0) is 0 Å². The SMILES string of the molecule is CC1=C[SiH2]N=C1. The number of hydrogen-bond donors (Lipinski definition) is 0. The van der Waals surface area contributed by atoms with Gasteiger partial charge in [0.15, 0.2) is 9.68 Å². The first kappa shape index (κ1) is 3.80. The van der Waals surface area contributed by atoms with Crippen molar-refractivity contribution in [2.24, 2.45) is 4.66 Å². The molecule has 0 bridgehead atoms. The summed E-state index contributed by atoms with van der Waals surface area (Å²) in [4.78, 5) is 0. The largest absolute Gasteiger partial charge is 0.331 e. The van der Waals surface area contributed by atoms with Crippen molar-refractivity contribution in [3.8, 4) is 0 Å². The highest BCUT2D eigenvalue weighted by Crippen LogP contribution is 1.91. The van der Waals surface area contributed by atoms with Gasteiger partial charge in [-0.1, -0.05) is 5.70 Å². The third-order valence-electron chi connectivity index (χ3n) is 0.814. The van der Waals surface area contributed by atoms with E-state index in [1.165, 1.54) is 5.57 Å². The van der Waals surface area contributed by atoms with Gasteiger partial charge in [-0.2, -0.15) is 0 Å². The van der Waals surface area contributed by atoms with E-state index in [0.717, 1.165) is 0 Å². The van der Waals surface area contributed by atoms with E-state index in [4.69, 9.17) is 0 Å². The van der Waals surface area contributed by atoms with Crippen LogP contribution in [0.1, 0.15) is 6.92 Å². The lowest BCUT2D eigenvalue weighted by Crippen LogP contribution is -1.65. The Morgan fingerprint density at radius 2 is 2.67 bits per heavy atom. The summed E-state index contributed by atoms with van der Waals surface area (Å²) in [5.74, 6) is 0. The highest BCUT2D eigenvalue weighted by molar-refractivity contribution is 6.45. The Morgan fingerprint density at radius 1 is 1.83 bits per heavy atom. The zero-order valence-corrected chi connectivity index (χ0v) is 5.22. The van der Waals surface area contributed by atoms with Gasteiger partial charge in [0.2, 0.25) is 0 Å². The van der Waals surface area contributed by atoms with Crippen molar-refractivity contribution >= 4 is 15.9 Å². The Labute approximate surface area is 39.7 Å². The molecule has 0 atom stereocenters. The summed E-state index contributed by atoms with van der Waals surface area (Å²) in [5, 5.41) is 0. The minimum Gasteiger partial charge on any atom is -0.331 e. The normalized spacial score (nSPS) is 22.5. The molecule has 0 radical (unpaired) electrons. The molecule has 0 N–H and O–H groups in total. The highest BCUT2D eigenvalue weighted by atomic mass is 28.2. The summed E-state index contributed by atoms with van der Waals surface area (Å²) in [7, 11) is -0.0968. The number of rotatable bonds is 0. The van der Waals surface area contributed by atoms with Gasteiger partial charge in [-0.15, -0.1) is 0 Å². The van der Waals surface area contributed by atoms with Gasteiger partial charge < -0.3 is 4.66 Å². The minimum absolute atomic E-state index is 0.0968. The van der Waals surface area contributed by atoms with Gasteiger partial charge in [0.1, 0.15) is 0 Å². The van der Waals surface area contributed by atoms with E-state index < -0.39 is 0 Å². The maximum atomic E-state index is 4.09. The quantitative estimate of drug-likeness (QED) is 0.379. The molecular formula is C4H7NSi. The number of nitrogens with zero attached hydrogens (tertiary/aromatic N) is 1. The van der Waals surface area contributed by atoms with Gasteiger partial charge in [-0.25, -0.2) is 0 Å². The maximum absolute atomic E-state index is 4.09. The van der Waals surface area contributed by atoms with Crippen LogP contribution in [0.3, 0.4) is 0 Å². The van der Waals surface area contributed by atoms with E-state index in [1.54, 1.807) is 0 Å². The van der Waals surface area contributed by atoms with Crippen molar-refractivity contribution in [3.05, 3.63) is 11.3 Å². The third-order valence-corrected chi connectivity index (χ3v) is 2.03. The van der Waals surface area contributed by atoms with Crippen LogP contribution < -0.4 is 0 Å². The van der Waals surface area contributed by atoms with Crippen LogP contribution in [0.15, 0.2) is 15.9 Å². The molecule has 2 heteroatoms. The van der Waals surface area contributed by atoms with E-state index in [2.05, 4.69) is 17.3 Å². The summed E-state index contributed by atoms with van der Waals surface area (Å²) >= 11 is 0. The molecule has 1 nitrogen and oxygen atoms in total. The van der Waals surface area contributed by atoms with E-state index in [1.807, 2.05) is 6.21 Å². The molecule has 0 aliphatic carbocycles.